The Balaban J connectivity index is 1.35. The zero-order valence-electron chi connectivity index (χ0n) is 21.2. The van der Waals surface area contributed by atoms with Gasteiger partial charge < -0.3 is 24.3 Å². The summed E-state index contributed by atoms with van der Waals surface area (Å²) in [5.41, 5.74) is 3.56. The Morgan fingerprint density at radius 3 is 2.44 bits per heavy atom. The van der Waals surface area contributed by atoms with E-state index in [0.717, 1.165) is 48.2 Å². The first-order valence-corrected chi connectivity index (χ1v) is 12.3. The van der Waals surface area contributed by atoms with E-state index >= 15 is 0 Å². The molecule has 7 nitrogen and oxygen atoms in total. The summed E-state index contributed by atoms with van der Waals surface area (Å²) in [5, 5.41) is 3.08. The van der Waals surface area contributed by atoms with E-state index in [1.807, 2.05) is 60.7 Å². The maximum Gasteiger partial charge on any atom is 0.227 e. The lowest BCUT2D eigenvalue weighted by molar-refractivity contribution is -0.121. The molecule has 3 aromatic rings. The van der Waals surface area contributed by atoms with E-state index in [9.17, 15) is 4.79 Å². The molecule has 0 spiro atoms. The molecule has 1 aliphatic carbocycles. The van der Waals surface area contributed by atoms with Gasteiger partial charge in [0.2, 0.25) is 11.8 Å². The molecule has 36 heavy (non-hydrogen) atoms. The molecule has 1 N–H and O–H groups in total. The number of benzene rings is 2. The van der Waals surface area contributed by atoms with Crippen LogP contribution in [0.1, 0.15) is 31.2 Å². The Morgan fingerprint density at radius 1 is 0.917 bits per heavy atom. The van der Waals surface area contributed by atoms with Crippen LogP contribution >= 0.6 is 0 Å². The molecule has 190 valence electrons. The van der Waals surface area contributed by atoms with Crippen LogP contribution in [-0.4, -0.2) is 44.9 Å². The van der Waals surface area contributed by atoms with Crippen LogP contribution in [0.25, 0.3) is 11.3 Å². The first kappa shape index (κ1) is 25.5. The van der Waals surface area contributed by atoms with Gasteiger partial charge in [-0.1, -0.05) is 24.3 Å². The zero-order valence-corrected chi connectivity index (χ0v) is 21.2. The van der Waals surface area contributed by atoms with Crippen molar-refractivity contribution in [1.29, 1.82) is 0 Å². The van der Waals surface area contributed by atoms with Crippen molar-refractivity contribution in [2.75, 3.05) is 33.3 Å². The maximum atomic E-state index is 12.8. The van der Waals surface area contributed by atoms with Crippen molar-refractivity contribution >= 4 is 11.6 Å². The van der Waals surface area contributed by atoms with Crippen molar-refractivity contribution < 1.29 is 23.7 Å². The molecule has 7 heteroatoms. The molecule has 1 saturated carbocycles. The van der Waals surface area contributed by atoms with Gasteiger partial charge in [0.15, 0.2) is 11.5 Å². The van der Waals surface area contributed by atoms with Crippen molar-refractivity contribution in [2.45, 2.75) is 38.2 Å². The van der Waals surface area contributed by atoms with Gasteiger partial charge in [-0.25, -0.2) is 4.98 Å². The first-order valence-electron chi connectivity index (χ1n) is 12.3. The summed E-state index contributed by atoms with van der Waals surface area (Å²) >= 11 is 0. The Labute approximate surface area is 212 Å². The van der Waals surface area contributed by atoms with Crippen LogP contribution in [0.15, 0.2) is 60.7 Å². The number of ether oxygens (including phenoxy) is 4. The largest absolute Gasteiger partial charge is 0.493 e. The molecule has 1 aromatic heterocycles. The second-order valence-electron chi connectivity index (χ2n) is 8.93. The summed E-state index contributed by atoms with van der Waals surface area (Å²) in [6.45, 7) is 0.480. The fourth-order valence-electron chi connectivity index (χ4n) is 4.53. The average molecular weight is 491 g/mol. The van der Waals surface area contributed by atoms with Crippen LogP contribution < -0.4 is 19.5 Å². The summed E-state index contributed by atoms with van der Waals surface area (Å²) in [4.78, 5) is 17.4. The number of rotatable bonds is 10. The highest BCUT2D eigenvalue weighted by Gasteiger charge is 2.26. The molecule has 1 heterocycles. The predicted octanol–water partition coefficient (Wildman–Crippen LogP) is 5.53. The number of nitrogens with one attached hydrogen (secondary N) is 1. The maximum absolute atomic E-state index is 12.8. The number of amides is 1. The number of carbonyl (C=O) groups excluding carboxylic acids is 1. The number of aromatic nitrogens is 1. The minimum absolute atomic E-state index is 0.0283. The van der Waals surface area contributed by atoms with Crippen LogP contribution in [0.4, 0.5) is 5.69 Å². The lowest BCUT2D eigenvalue weighted by Gasteiger charge is -2.26. The van der Waals surface area contributed by atoms with Gasteiger partial charge in [-0.3, -0.25) is 4.79 Å². The van der Waals surface area contributed by atoms with Gasteiger partial charge in [-0.15, -0.1) is 0 Å². The molecular formula is C29H34N2O5. The van der Waals surface area contributed by atoms with Gasteiger partial charge in [0.25, 0.3) is 0 Å². The van der Waals surface area contributed by atoms with Gasteiger partial charge in [0.05, 0.1) is 32.6 Å². The average Bonchev–Trinajstić information content (AvgIpc) is 2.93. The van der Waals surface area contributed by atoms with Gasteiger partial charge in [-0.05, 0) is 61.6 Å². The van der Waals surface area contributed by atoms with E-state index in [1.165, 1.54) is 0 Å². The number of methoxy groups -OCH3 is 3. The Kier molecular flexibility index (Phi) is 8.79. The van der Waals surface area contributed by atoms with Crippen LogP contribution in [0.3, 0.4) is 0 Å². The number of pyridine rings is 1. The van der Waals surface area contributed by atoms with E-state index < -0.39 is 0 Å². The topological polar surface area (TPSA) is 78.9 Å². The second kappa shape index (κ2) is 12.4. The third kappa shape index (κ3) is 6.55. The third-order valence-electron chi connectivity index (χ3n) is 6.62. The minimum Gasteiger partial charge on any atom is -0.493 e. The highest BCUT2D eigenvalue weighted by Crippen LogP contribution is 2.29. The number of hydrogen-bond acceptors (Lipinski definition) is 6. The Hall–Kier alpha value is -3.58. The standard InChI is InChI=1S/C29H34N2O5/c1-33-24-13-11-21(12-14-24)29(32)30-23-7-4-6-22(19-23)25-8-5-9-28(31-25)36-17-16-20-10-15-26(34-2)27(18-20)35-3/h4-10,15,18-19,21,24H,11-14,16-17H2,1-3H3,(H,30,32). The molecule has 0 aliphatic heterocycles. The van der Waals surface area contributed by atoms with Gasteiger partial charge in [0, 0.05) is 36.8 Å². The summed E-state index contributed by atoms with van der Waals surface area (Å²) < 4.78 is 22.0. The molecule has 0 saturated heterocycles. The van der Waals surface area contributed by atoms with Crippen LogP contribution in [0.2, 0.25) is 0 Å². The molecule has 1 aliphatic rings. The van der Waals surface area contributed by atoms with Crippen molar-refractivity contribution in [3.63, 3.8) is 0 Å². The normalized spacial score (nSPS) is 17.3. The van der Waals surface area contributed by atoms with Crippen molar-refractivity contribution in [3.8, 4) is 28.6 Å². The number of carbonyl (C=O) groups is 1. The molecule has 1 amide bonds. The molecule has 0 bridgehead atoms. The smallest absolute Gasteiger partial charge is 0.227 e. The molecular weight excluding hydrogens is 456 g/mol. The van der Waals surface area contributed by atoms with Gasteiger partial charge in [-0.2, -0.15) is 0 Å². The van der Waals surface area contributed by atoms with Crippen molar-refractivity contribution in [3.05, 3.63) is 66.2 Å². The molecule has 0 atom stereocenters. The summed E-state index contributed by atoms with van der Waals surface area (Å²) in [6.07, 6.45) is 4.55. The monoisotopic (exact) mass is 490 g/mol. The number of nitrogens with zero attached hydrogens (tertiary/aromatic N) is 1. The van der Waals surface area contributed by atoms with Crippen molar-refractivity contribution in [2.24, 2.45) is 5.92 Å². The number of anilines is 1. The van der Waals surface area contributed by atoms with E-state index in [-0.39, 0.29) is 17.9 Å². The summed E-state index contributed by atoms with van der Waals surface area (Å²) in [5.74, 6) is 2.05. The minimum atomic E-state index is 0.0283. The van der Waals surface area contributed by atoms with E-state index in [0.29, 0.717) is 30.4 Å². The lowest BCUT2D eigenvalue weighted by atomic mass is 9.86. The highest BCUT2D eigenvalue weighted by molar-refractivity contribution is 5.93. The molecule has 4 rings (SSSR count). The lowest BCUT2D eigenvalue weighted by Crippen LogP contribution is -2.29. The van der Waals surface area contributed by atoms with Crippen LogP contribution in [-0.2, 0) is 16.0 Å². The Morgan fingerprint density at radius 2 is 1.69 bits per heavy atom. The number of hydrogen-bond donors (Lipinski definition) is 1. The van der Waals surface area contributed by atoms with Gasteiger partial charge in [0.1, 0.15) is 0 Å². The fourth-order valence-corrected chi connectivity index (χ4v) is 4.53. The zero-order chi connectivity index (χ0) is 25.3. The quantitative estimate of drug-likeness (QED) is 0.403. The van der Waals surface area contributed by atoms with E-state index in [4.69, 9.17) is 18.9 Å². The SMILES string of the molecule is COc1ccc(CCOc2cccc(-c3cccc(NC(=O)C4CCC(OC)CC4)c3)n2)cc1OC. The summed E-state index contributed by atoms with van der Waals surface area (Å²) in [7, 11) is 4.99. The molecule has 0 radical (unpaired) electrons. The molecule has 0 unspecified atom stereocenters. The molecule has 1 fully saturated rings. The van der Waals surface area contributed by atoms with E-state index in [1.54, 1.807) is 21.3 Å². The predicted molar refractivity (Wildman–Crippen MR) is 140 cm³/mol. The summed E-state index contributed by atoms with van der Waals surface area (Å²) in [6, 6.07) is 19.3. The van der Waals surface area contributed by atoms with Gasteiger partial charge >= 0.3 is 0 Å². The third-order valence-corrected chi connectivity index (χ3v) is 6.62. The van der Waals surface area contributed by atoms with Crippen molar-refractivity contribution in [1.82, 2.24) is 4.98 Å². The highest BCUT2D eigenvalue weighted by atomic mass is 16.5. The Bertz CT molecular complexity index is 1160. The first-order chi connectivity index (χ1) is 17.6. The second-order valence-corrected chi connectivity index (χ2v) is 8.93. The fraction of sp³-hybridized carbons (Fsp3) is 0.379. The van der Waals surface area contributed by atoms with Crippen LogP contribution in [0.5, 0.6) is 17.4 Å². The van der Waals surface area contributed by atoms with E-state index in [2.05, 4.69) is 10.3 Å². The molecule has 2 aromatic carbocycles. The van der Waals surface area contributed by atoms with Crippen LogP contribution in [0, 0.1) is 5.92 Å².